The van der Waals surface area contributed by atoms with E-state index in [0.717, 1.165) is 18.4 Å². The van der Waals surface area contributed by atoms with Crippen molar-refractivity contribution in [2.75, 3.05) is 11.5 Å². The van der Waals surface area contributed by atoms with Gasteiger partial charge in [0.15, 0.2) is 0 Å². The molecule has 6 N–H and O–H groups in total. The molecule has 13 heavy (non-hydrogen) atoms. The van der Waals surface area contributed by atoms with Gasteiger partial charge in [-0.1, -0.05) is 12.1 Å². The minimum Gasteiger partial charge on any atom is -0.397 e. The molecule has 0 aliphatic rings. The first-order valence-corrected chi connectivity index (χ1v) is 4.49. The van der Waals surface area contributed by atoms with Crippen molar-refractivity contribution in [3.63, 3.8) is 0 Å². The van der Waals surface area contributed by atoms with Gasteiger partial charge in [-0.3, -0.25) is 0 Å². The van der Waals surface area contributed by atoms with Gasteiger partial charge < -0.3 is 17.2 Å². The molecule has 1 atom stereocenters. The van der Waals surface area contributed by atoms with Gasteiger partial charge in [-0.25, -0.2) is 0 Å². The highest BCUT2D eigenvalue weighted by Gasteiger charge is 2.02. The van der Waals surface area contributed by atoms with E-state index in [1.165, 1.54) is 0 Å². The average Bonchev–Trinajstić information content (AvgIpc) is 2.07. The fraction of sp³-hybridized carbons (Fsp3) is 0.400. The second kappa shape index (κ2) is 4.14. The maximum Gasteiger partial charge on any atom is 0.0580 e. The molecule has 72 valence electrons. The van der Waals surface area contributed by atoms with Crippen molar-refractivity contribution in [1.82, 2.24) is 0 Å². The Morgan fingerprint density at radius 3 is 2.62 bits per heavy atom. The second-order valence-electron chi connectivity index (χ2n) is 3.44. The number of anilines is 2. The third kappa shape index (κ3) is 2.63. The number of nitrogens with two attached hydrogens (primary N) is 3. The van der Waals surface area contributed by atoms with E-state index in [2.05, 4.69) is 0 Å². The molecule has 3 nitrogen and oxygen atoms in total. The van der Waals surface area contributed by atoms with Crippen LogP contribution >= 0.6 is 0 Å². The molecule has 0 radical (unpaired) electrons. The first-order chi connectivity index (χ1) is 6.11. The zero-order valence-electron chi connectivity index (χ0n) is 7.96. The Hall–Kier alpha value is -1.22. The standard InChI is InChI=1S/C10H17N3/c1-7(11)5-6-8-3-2-4-9(12)10(8)13/h2-4,7H,5-6,11-13H2,1H3. The average molecular weight is 179 g/mol. The summed E-state index contributed by atoms with van der Waals surface area (Å²) in [6, 6.07) is 5.93. The molecule has 0 fully saturated rings. The molecule has 0 saturated carbocycles. The molecule has 0 aliphatic heterocycles. The number of benzene rings is 1. The van der Waals surface area contributed by atoms with Crippen LogP contribution in [0.3, 0.4) is 0 Å². The van der Waals surface area contributed by atoms with Gasteiger partial charge in [0.2, 0.25) is 0 Å². The van der Waals surface area contributed by atoms with Gasteiger partial charge in [-0.2, -0.15) is 0 Å². The molecule has 1 aromatic carbocycles. The third-order valence-corrected chi connectivity index (χ3v) is 2.10. The Morgan fingerprint density at radius 2 is 2.00 bits per heavy atom. The lowest BCUT2D eigenvalue weighted by molar-refractivity contribution is 0.667. The van der Waals surface area contributed by atoms with Crippen LogP contribution in [0.2, 0.25) is 0 Å². The maximum absolute atomic E-state index is 5.80. The highest BCUT2D eigenvalue weighted by molar-refractivity contribution is 5.67. The number of para-hydroxylation sites is 1. The Kier molecular flexibility index (Phi) is 3.14. The van der Waals surface area contributed by atoms with Crippen LogP contribution in [0.5, 0.6) is 0 Å². The molecule has 0 spiro atoms. The van der Waals surface area contributed by atoms with E-state index in [1.54, 1.807) is 0 Å². The summed E-state index contributed by atoms with van der Waals surface area (Å²) in [7, 11) is 0. The molecule has 3 heteroatoms. The summed E-state index contributed by atoms with van der Waals surface area (Å²) in [5, 5.41) is 0. The number of rotatable bonds is 3. The van der Waals surface area contributed by atoms with E-state index in [1.807, 2.05) is 25.1 Å². The van der Waals surface area contributed by atoms with E-state index in [-0.39, 0.29) is 6.04 Å². The van der Waals surface area contributed by atoms with Gasteiger partial charge in [0.05, 0.1) is 11.4 Å². The summed E-state index contributed by atoms with van der Waals surface area (Å²) in [6.45, 7) is 1.99. The van der Waals surface area contributed by atoms with Gasteiger partial charge in [0, 0.05) is 6.04 Å². The fourth-order valence-electron chi connectivity index (χ4n) is 1.23. The molecule has 0 heterocycles. The first-order valence-electron chi connectivity index (χ1n) is 4.49. The summed E-state index contributed by atoms with van der Waals surface area (Å²) in [5.74, 6) is 0. The van der Waals surface area contributed by atoms with Crippen molar-refractivity contribution < 1.29 is 0 Å². The molecule has 1 rings (SSSR count). The van der Waals surface area contributed by atoms with Crippen LogP contribution in [-0.2, 0) is 6.42 Å². The summed E-state index contributed by atoms with van der Waals surface area (Å²) < 4.78 is 0. The third-order valence-electron chi connectivity index (χ3n) is 2.10. The van der Waals surface area contributed by atoms with E-state index in [9.17, 15) is 0 Å². The second-order valence-corrected chi connectivity index (χ2v) is 3.44. The van der Waals surface area contributed by atoms with Gasteiger partial charge in [0.25, 0.3) is 0 Å². The molecule has 0 amide bonds. The van der Waals surface area contributed by atoms with E-state index in [0.29, 0.717) is 11.4 Å². The van der Waals surface area contributed by atoms with Gasteiger partial charge >= 0.3 is 0 Å². The van der Waals surface area contributed by atoms with Crippen LogP contribution in [0.25, 0.3) is 0 Å². The Labute approximate surface area is 78.9 Å². The topological polar surface area (TPSA) is 78.1 Å². The van der Waals surface area contributed by atoms with Crippen LogP contribution in [0, 0.1) is 0 Å². The van der Waals surface area contributed by atoms with E-state index < -0.39 is 0 Å². The van der Waals surface area contributed by atoms with E-state index >= 15 is 0 Å². The van der Waals surface area contributed by atoms with Gasteiger partial charge in [-0.15, -0.1) is 0 Å². The fourth-order valence-corrected chi connectivity index (χ4v) is 1.23. The minimum absolute atomic E-state index is 0.209. The van der Waals surface area contributed by atoms with Crippen molar-refractivity contribution in [2.45, 2.75) is 25.8 Å². The largest absolute Gasteiger partial charge is 0.397 e. The van der Waals surface area contributed by atoms with E-state index in [4.69, 9.17) is 17.2 Å². The van der Waals surface area contributed by atoms with Crippen molar-refractivity contribution >= 4 is 11.4 Å². The highest BCUT2D eigenvalue weighted by Crippen LogP contribution is 2.20. The Balaban J connectivity index is 2.71. The molecule has 0 aromatic heterocycles. The number of hydrogen-bond donors (Lipinski definition) is 3. The first kappa shape index (κ1) is 9.86. The summed E-state index contributed by atoms with van der Waals surface area (Å²) in [5.41, 5.74) is 19.6. The SMILES string of the molecule is CC(N)CCc1cccc(N)c1N. The van der Waals surface area contributed by atoms with Gasteiger partial charge in [-0.05, 0) is 31.4 Å². The molecule has 0 bridgehead atoms. The minimum atomic E-state index is 0.209. The zero-order chi connectivity index (χ0) is 9.84. The van der Waals surface area contributed by atoms with Gasteiger partial charge in [0.1, 0.15) is 0 Å². The summed E-state index contributed by atoms with van der Waals surface area (Å²) in [6.07, 6.45) is 1.84. The summed E-state index contributed by atoms with van der Waals surface area (Å²) >= 11 is 0. The monoisotopic (exact) mass is 179 g/mol. The molecular weight excluding hydrogens is 162 g/mol. The summed E-state index contributed by atoms with van der Waals surface area (Å²) in [4.78, 5) is 0. The lowest BCUT2D eigenvalue weighted by Gasteiger charge is -2.09. The molecule has 0 saturated heterocycles. The zero-order valence-corrected chi connectivity index (χ0v) is 7.96. The lowest BCUT2D eigenvalue weighted by atomic mass is 10.0. The van der Waals surface area contributed by atoms with Crippen LogP contribution in [0.15, 0.2) is 18.2 Å². The molecule has 1 aromatic rings. The molecule has 1 unspecified atom stereocenters. The van der Waals surface area contributed by atoms with Crippen molar-refractivity contribution in [3.8, 4) is 0 Å². The quantitative estimate of drug-likeness (QED) is 0.609. The van der Waals surface area contributed by atoms with Crippen LogP contribution in [-0.4, -0.2) is 6.04 Å². The Morgan fingerprint density at radius 1 is 1.31 bits per heavy atom. The smallest absolute Gasteiger partial charge is 0.0580 e. The lowest BCUT2D eigenvalue weighted by Crippen LogP contribution is -2.15. The maximum atomic E-state index is 5.80. The van der Waals surface area contributed by atoms with Crippen molar-refractivity contribution in [1.29, 1.82) is 0 Å². The highest BCUT2D eigenvalue weighted by atomic mass is 14.7. The number of aryl methyl sites for hydroxylation is 1. The van der Waals surface area contributed by atoms with Crippen LogP contribution < -0.4 is 17.2 Å². The van der Waals surface area contributed by atoms with Crippen LogP contribution in [0.4, 0.5) is 11.4 Å². The molecule has 0 aliphatic carbocycles. The number of hydrogen-bond acceptors (Lipinski definition) is 3. The molecular formula is C10H17N3. The van der Waals surface area contributed by atoms with Crippen molar-refractivity contribution in [2.24, 2.45) is 5.73 Å². The number of nitrogen functional groups attached to an aromatic ring is 2. The van der Waals surface area contributed by atoms with Crippen molar-refractivity contribution in [3.05, 3.63) is 23.8 Å². The Bertz CT molecular complexity index is 281. The normalized spacial score (nSPS) is 12.8. The predicted molar refractivity (Wildman–Crippen MR) is 57.2 cm³/mol. The predicted octanol–water partition coefficient (Wildman–Crippen LogP) is 1.13. The van der Waals surface area contributed by atoms with Crippen LogP contribution in [0.1, 0.15) is 18.9 Å².